The quantitative estimate of drug-likeness (QED) is 0.767. The Morgan fingerprint density at radius 3 is 2.63 bits per heavy atom. The lowest BCUT2D eigenvalue weighted by Gasteiger charge is -2.10. The van der Waals surface area contributed by atoms with Gasteiger partial charge in [-0.25, -0.2) is 0 Å². The van der Waals surface area contributed by atoms with Crippen LogP contribution >= 0.6 is 0 Å². The average Bonchev–Trinajstić information content (AvgIpc) is 2.88. The van der Waals surface area contributed by atoms with Crippen molar-refractivity contribution in [2.24, 2.45) is 0 Å². The topological polar surface area (TPSA) is 25.2 Å². The van der Waals surface area contributed by atoms with Crippen molar-refractivity contribution < 1.29 is 4.42 Å². The van der Waals surface area contributed by atoms with Gasteiger partial charge in [0.25, 0.3) is 0 Å². The Balaban J connectivity index is 2.18. The van der Waals surface area contributed by atoms with Crippen LogP contribution in [0, 0.1) is 0 Å². The van der Waals surface area contributed by atoms with Crippen LogP contribution in [0.5, 0.6) is 0 Å². The Bertz CT molecular complexity index is 513. The first-order valence-electron chi connectivity index (χ1n) is 7.11. The molecule has 0 aliphatic carbocycles. The van der Waals surface area contributed by atoms with Gasteiger partial charge < -0.3 is 9.73 Å². The summed E-state index contributed by atoms with van der Waals surface area (Å²) in [4.78, 5) is 0. The van der Waals surface area contributed by atoms with E-state index < -0.39 is 0 Å². The van der Waals surface area contributed by atoms with Crippen molar-refractivity contribution in [1.29, 1.82) is 0 Å². The lowest BCUT2D eigenvalue weighted by molar-refractivity contribution is 0.493. The molecule has 0 aliphatic rings. The van der Waals surface area contributed by atoms with Gasteiger partial charge in [0.2, 0.25) is 0 Å². The second-order valence-electron chi connectivity index (χ2n) is 5.18. The lowest BCUT2D eigenvalue weighted by atomic mass is 9.96. The molecule has 1 aromatic carbocycles. The van der Waals surface area contributed by atoms with Gasteiger partial charge in [-0.15, -0.1) is 0 Å². The molecule has 2 aromatic rings. The zero-order chi connectivity index (χ0) is 13.7. The zero-order valence-electron chi connectivity index (χ0n) is 12.1. The molecule has 0 spiro atoms. The summed E-state index contributed by atoms with van der Waals surface area (Å²) in [5.41, 5.74) is 2.55. The number of hydrogen-bond donors (Lipinski definition) is 1. The summed E-state index contributed by atoms with van der Waals surface area (Å²) < 4.78 is 5.94. The SMILES string of the molecule is CCCNCc1ccc(-c2ccccc2C(C)C)o1. The zero-order valence-corrected chi connectivity index (χ0v) is 12.1. The second kappa shape index (κ2) is 6.58. The van der Waals surface area contributed by atoms with Crippen molar-refractivity contribution in [2.75, 3.05) is 6.54 Å². The molecule has 102 valence electrons. The smallest absolute Gasteiger partial charge is 0.134 e. The van der Waals surface area contributed by atoms with E-state index in [1.165, 1.54) is 11.1 Å². The van der Waals surface area contributed by atoms with Crippen molar-refractivity contribution >= 4 is 0 Å². The summed E-state index contributed by atoms with van der Waals surface area (Å²) in [6, 6.07) is 12.6. The highest BCUT2D eigenvalue weighted by molar-refractivity contribution is 5.63. The number of rotatable bonds is 6. The first-order valence-corrected chi connectivity index (χ1v) is 7.11. The largest absolute Gasteiger partial charge is 0.460 e. The van der Waals surface area contributed by atoms with Crippen molar-refractivity contribution in [2.45, 2.75) is 39.7 Å². The standard InChI is InChI=1S/C17H23NO/c1-4-11-18-12-14-9-10-17(19-14)16-8-6-5-7-15(16)13(2)3/h5-10,13,18H,4,11-12H2,1-3H3. The van der Waals surface area contributed by atoms with Gasteiger partial charge in [-0.3, -0.25) is 0 Å². The van der Waals surface area contributed by atoms with E-state index in [0.717, 1.165) is 31.0 Å². The van der Waals surface area contributed by atoms with E-state index >= 15 is 0 Å². The van der Waals surface area contributed by atoms with E-state index in [1.54, 1.807) is 0 Å². The van der Waals surface area contributed by atoms with Crippen LogP contribution in [0.25, 0.3) is 11.3 Å². The molecule has 2 rings (SSSR count). The van der Waals surface area contributed by atoms with Crippen molar-refractivity contribution in [1.82, 2.24) is 5.32 Å². The first-order chi connectivity index (χ1) is 9.22. The lowest BCUT2D eigenvalue weighted by Crippen LogP contribution is -2.12. The highest BCUT2D eigenvalue weighted by Gasteiger charge is 2.11. The van der Waals surface area contributed by atoms with Crippen molar-refractivity contribution in [3.05, 3.63) is 47.7 Å². The van der Waals surface area contributed by atoms with Crippen LogP contribution in [0.3, 0.4) is 0 Å². The van der Waals surface area contributed by atoms with Crippen molar-refractivity contribution in [3.63, 3.8) is 0 Å². The van der Waals surface area contributed by atoms with Crippen LogP contribution in [0.15, 0.2) is 40.8 Å². The first kappa shape index (κ1) is 13.9. The summed E-state index contributed by atoms with van der Waals surface area (Å²) in [6.45, 7) is 8.42. The Labute approximate surface area is 115 Å². The molecule has 0 aliphatic heterocycles. The van der Waals surface area contributed by atoms with Gasteiger partial charge in [-0.05, 0) is 36.6 Å². The molecule has 0 saturated heterocycles. The van der Waals surface area contributed by atoms with Gasteiger partial charge >= 0.3 is 0 Å². The third kappa shape index (κ3) is 3.48. The third-order valence-electron chi connectivity index (χ3n) is 3.24. The molecule has 0 bridgehead atoms. The van der Waals surface area contributed by atoms with E-state index in [9.17, 15) is 0 Å². The highest BCUT2D eigenvalue weighted by atomic mass is 16.3. The fourth-order valence-electron chi connectivity index (χ4n) is 2.23. The molecule has 1 heterocycles. The molecule has 0 saturated carbocycles. The Morgan fingerprint density at radius 2 is 1.89 bits per heavy atom. The molecule has 2 nitrogen and oxygen atoms in total. The molecule has 2 heteroatoms. The molecule has 0 atom stereocenters. The minimum absolute atomic E-state index is 0.503. The minimum Gasteiger partial charge on any atom is -0.460 e. The van der Waals surface area contributed by atoms with E-state index in [4.69, 9.17) is 4.42 Å². The van der Waals surface area contributed by atoms with Crippen LogP contribution in [0.2, 0.25) is 0 Å². The summed E-state index contributed by atoms with van der Waals surface area (Å²) in [7, 11) is 0. The monoisotopic (exact) mass is 257 g/mol. The van der Waals surface area contributed by atoms with Crippen molar-refractivity contribution in [3.8, 4) is 11.3 Å². The molecule has 1 N–H and O–H groups in total. The molecule has 0 amide bonds. The molecular weight excluding hydrogens is 234 g/mol. The Hall–Kier alpha value is -1.54. The van der Waals surface area contributed by atoms with Gasteiger partial charge in [-0.1, -0.05) is 45.0 Å². The number of hydrogen-bond acceptors (Lipinski definition) is 2. The van der Waals surface area contributed by atoms with Gasteiger partial charge in [0, 0.05) is 5.56 Å². The summed E-state index contributed by atoms with van der Waals surface area (Å²) in [5, 5.41) is 3.36. The van der Waals surface area contributed by atoms with Crippen LogP contribution in [0.4, 0.5) is 0 Å². The molecule has 0 unspecified atom stereocenters. The van der Waals surface area contributed by atoms with Crippen LogP contribution in [-0.4, -0.2) is 6.54 Å². The maximum atomic E-state index is 5.94. The summed E-state index contributed by atoms with van der Waals surface area (Å²) in [6.07, 6.45) is 1.14. The summed E-state index contributed by atoms with van der Waals surface area (Å²) in [5.74, 6) is 2.47. The van der Waals surface area contributed by atoms with Gasteiger partial charge in [-0.2, -0.15) is 0 Å². The second-order valence-corrected chi connectivity index (χ2v) is 5.18. The number of furan rings is 1. The van der Waals surface area contributed by atoms with Gasteiger partial charge in [0.15, 0.2) is 0 Å². The van der Waals surface area contributed by atoms with Crippen LogP contribution in [0.1, 0.15) is 44.4 Å². The maximum Gasteiger partial charge on any atom is 0.134 e. The molecule has 1 aromatic heterocycles. The number of nitrogens with one attached hydrogen (secondary N) is 1. The Kier molecular flexibility index (Phi) is 4.80. The normalized spacial score (nSPS) is 11.2. The molecular formula is C17H23NO. The van der Waals surface area contributed by atoms with E-state index in [0.29, 0.717) is 5.92 Å². The van der Waals surface area contributed by atoms with Crippen LogP contribution < -0.4 is 5.32 Å². The van der Waals surface area contributed by atoms with E-state index in [-0.39, 0.29) is 0 Å². The van der Waals surface area contributed by atoms with Gasteiger partial charge in [0.1, 0.15) is 11.5 Å². The van der Waals surface area contributed by atoms with E-state index in [1.807, 2.05) is 0 Å². The maximum absolute atomic E-state index is 5.94. The average molecular weight is 257 g/mol. The fourth-order valence-corrected chi connectivity index (χ4v) is 2.23. The Morgan fingerprint density at radius 1 is 1.11 bits per heavy atom. The predicted molar refractivity (Wildman–Crippen MR) is 80.2 cm³/mol. The molecule has 0 radical (unpaired) electrons. The highest BCUT2D eigenvalue weighted by Crippen LogP contribution is 2.30. The number of benzene rings is 1. The minimum atomic E-state index is 0.503. The predicted octanol–water partition coefficient (Wildman–Crippen LogP) is 4.57. The molecule has 0 fully saturated rings. The third-order valence-corrected chi connectivity index (χ3v) is 3.24. The van der Waals surface area contributed by atoms with Gasteiger partial charge in [0.05, 0.1) is 6.54 Å². The van der Waals surface area contributed by atoms with E-state index in [2.05, 4.69) is 62.5 Å². The van der Waals surface area contributed by atoms with Crippen LogP contribution in [-0.2, 0) is 6.54 Å². The summed E-state index contributed by atoms with van der Waals surface area (Å²) >= 11 is 0. The molecule has 19 heavy (non-hydrogen) atoms. The fraction of sp³-hybridized carbons (Fsp3) is 0.412.